The van der Waals surface area contributed by atoms with Crippen LogP contribution in [0, 0.1) is 11.3 Å². The van der Waals surface area contributed by atoms with Gasteiger partial charge in [-0.05, 0) is 37.8 Å². The molecule has 1 aromatic carbocycles. The predicted octanol–water partition coefficient (Wildman–Crippen LogP) is 1.65. The van der Waals surface area contributed by atoms with Crippen molar-refractivity contribution in [3.8, 4) is 17.6 Å². The highest BCUT2D eigenvalue weighted by molar-refractivity contribution is 6.60. The summed E-state index contributed by atoms with van der Waals surface area (Å²) < 4.78 is 11.2. The molecule has 1 fully saturated rings. The second-order valence-electron chi connectivity index (χ2n) is 6.15. The van der Waals surface area contributed by atoms with Crippen molar-refractivity contribution in [1.29, 1.82) is 5.26 Å². The Hall–Kier alpha value is -3.08. The molecule has 0 bridgehead atoms. The highest BCUT2D eigenvalue weighted by Gasteiger charge is 2.25. The number of rotatable bonds is 7. The number of nitrogens with zero attached hydrogens (tertiary/aromatic N) is 3. The van der Waals surface area contributed by atoms with Crippen LogP contribution in [0.15, 0.2) is 28.3 Å². The molecule has 0 radical (unpaired) electrons. The van der Waals surface area contributed by atoms with Crippen molar-refractivity contribution < 1.29 is 14.3 Å². The minimum Gasteiger partial charge on any atom is -0.495 e. The first-order valence-electron chi connectivity index (χ1n) is 8.83. The zero-order valence-electron chi connectivity index (χ0n) is 15.9. The van der Waals surface area contributed by atoms with Gasteiger partial charge in [0, 0.05) is 26.2 Å². The average Bonchev–Trinajstić information content (AvgIpc) is 2.69. The number of methoxy groups -OCH3 is 1. The number of hydrogen-bond acceptors (Lipinski definition) is 7. The molecule has 1 aromatic rings. The van der Waals surface area contributed by atoms with E-state index in [9.17, 15) is 4.79 Å². The van der Waals surface area contributed by atoms with Crippen LogP contribution in [0.5, 0.6) is 11.5 Å². The fourth-order valence-electron chi connectivity index (χ4n) is 3.00. The molecule has 0 spiro atoms. The standard InChI is InChI=1S/C19H25N5O3/c1-21-12-17(24-22-2)19(25)23-14-5-8-15(9-6-14)27-16-7-4-13(11-20)18(10-16)26-3/h4,7,10,12,14-15,22H,5-6,8-9H2,1-3H3,(H,23,25). The third-order valence-electron chi connectivity index (χ3n) is 4.32. The Kier molecular flexibility index (Phi) is 7.62. The number of carbonyl (C=O) groups excluding carboxylic acids is 1. The van der Waals surface area contributed by atoms with Crippen molar-refractivity contribution in [3.05, 3.63) is 23.8 Å². The monoisotopic (exact) mass is 371 g/mol. The van der Waals surface area contributed by atoms with E-state index in [1.54, 1.807) is 32.3 Å². The molecule has 0 unspecified atom stereocenters. The van der Waals surface area contributed by atoms with Crippen LogP contribution in [-0.2, 0) is 4.79 Å². The number of nitriles is 1. The molecule has 144 valence electrons. The smallest absolute Gasteiger partial charge is 0.273 e. The van der Waals surface area contributed by atoms with Gasteiger partial charge >= 0.3 is 0 Å². The van der Waals surface area contributed by atoms with Gasteiger partial charge in [0.25, 0.3) is 5.91 Å². The van der Waals surface area contributed by atoms with Gasteiger partial charge in [-0.15, -0.1) is 0 Å². The van der Waals surface area contributed by atoms with E-state index in [1.165, 1.54) is 13.3 Å². The van der Waals surface area contributed by atoms with Gasteiger partial charge in [0.05, 0.1) is 25.0 Å². The number of aliphatic imine (C=N–C) groups is 1. The van der Waals surface area contributed by atoms with E-state index in [1.807, 2.05) is 0 Å². The number of benzene rings is 1. The zero-order valence-corrected chi connectivity index (χ0v) is 15.9. The van der Waals surface area contributed by atoms with Crippen LogP contribution in [-0.4, -0.2) is 51.2 Å². The third-order valence-corrected chi connectivity index (χ3v) is 4.32. The third kappa shape index (κ3) is 5.71. The van der Waals surface area contributed by atoms with Crippen molar-refractivity contribution in [2.75, 3.05) is 21.2 Å². The maximum absolute atomic E-state index is 12.3. The Labute approximate surface area is 159 Å². The molecular weight excluding hydrogens is 346 g/mol. The number of amides is 1. The summed E-state index contributed by atoms with van der Waals surface area (Å²) in [6.07, 6.45) is 4.79. The summed E-state index contributed by atoms with van der Waals surface area (Å²) >= 11 is 0. The first-order valence-corrected chi connectivity index (χ1v) is 8.83. The summed E-state index contributed by atoms with van der Waals surface area (Å²) in [5.41, 5.74) is 3.34. The Bertz CT molecular complexity index is 746. The lowest BCUT2D eigenvalue weighted by molar-refractivity contribution is -0.115. The first kappa shape index (κ1) is 20.2. The lowest BCUT2D eigenvalue weighted by Crippen LogP contribution is -2.43. The van der Waals surface area contributed by atoms with Crippen molar-refractivity contribution in [1.82, 2.24) is 10.7 Å². The highest BCUT2D eigenvalue weighted by atomic mass is 16.5. The topological polar surface area (TPSA) is 108 Å². The summed E-state index contributed by atoms with van der Waals surface area (Å²) in [6, 6.07) is 7.37. The molecule has 27 heavy (non-hydrogen) atoms. The molecule has 0 heterocycles. The van der Waals surface area contributed by atoms with Crippen molar-refractivity contribution >= 4 is 17.8 Å². The molecule has 1 aliphatic rings. The largest absolute Gasteiger partial charge is 0.495 e. The maximum Gasteiger partial charge on any atom is 0.273 e. The number of hydrogen-bond donors (Lipinski definition) is 2. The molecular formula is C19H25N5O3. The summed E-state index contributed by atoms with van der Waals surface area (Å²) in [6.45, 7) is 0. The van der Waals surface area contributed by atoms with Crippen molar-refractivity contribution in [2.24, 2.45) is 10.1 Å². The van der Waals surface area contributed by atoms with Crippen LogP contribution in [0.2, 0.25) is 0 Å². The number of carbonyl (C=O) groups is 1. The Morgan fingerprint density at radius 2 is 2.07 bits per heavy atom. The highest BCUT2D eigenvalue weighted by Crippen LogP contribution is 2.28. The van der Waals surface area contributed by atoms with Gasteiger partial charge in [-0.2, -0.15) is 10.4 Å². The average molecular weight is 371 g/mol. The molecule has 2 N–H and O–H groups in total. The molecule has 1 saturated carbocycles. The van der Waals surface area contributed by atoms with E-state index in [4.69, 9.17) is 14.7 Å². The summed E-state index contributed by atoms with van der Waals surface area (Å²) in [5, 5.41) is 16.0. The van der Waals surface area contributed by atoms with Crippen LogP contribution in [0.25, 0.3) is 0 Å². The van der Waals surface area contributed by atoms with E-state index in [0.29, 0.717) is 17.1 Å². The number of hydrazone groups is 1. The Balaban J connectivity index is 1.88. The van der Waals surface area contributed by atoms with Crippen molar-refractivity contribution in [3.63, 3.8) is 0 Å². The minimum atomic E-state index is -0.240. The van der Waals surface area contributed by atoms with E-state index in [2.05, 4.69) is 26.9 Å². The molecule has 1 amide bonds. The van der Waals surface area contributed by atoms with E-state index in [-0.39, 0.29) is 23.8 Å². The molecule has 8 heteroatoms. The Morgan fingerprint density at radius 3 is 2.67 bits per heavy atom. The number of ether oxygens (including phenoxy) is 2. The van der Waals surface area contributed by atoms with E-state index in [0.717, 1.165) is 25.7 Å². The summed E-state index contributed by atoms with van der Waals surface area (Å²) in [5.74, 6) is 0.946. The lowest BCUT2D eigenvalue weighted by atomic mass is 9.92. The molecule has 0 aliphatic heterocycles. The first-order chi connectivity index (χ1) is 13.1. The van der Waals surface area contributed by atoms with Gasteiger partial charge in [-0.1, -0.05) is 0 Å². The summed E-state index contributed by atoms with van der Waals surface area (Å²) in [4.78, 5) is 16.1. The van der Waals surface area contributed by atoms with Crippen LogP contribution in [0.1, 0.15) is 31.2 Å². The van der Waals surface area contributed by atoms with Crippen LogP contribution in [0.4, 0.5) is 0 Å². The zero-order chi connectivity index (χ0) is 19.6. The predicted molar refractivity (Wildman–Crippen MR) is 103 cm³/mol. The quantitative estimate of drug-likeness (QED) is 0.560. The second-order valence-corrected chi connectivity index (χ2v) is 6.15. The SMILES string of the molecule is CN=CC(=NNC)C(=O)NC1CCC(Oc2ccc(C#N)c(OC)c2)CC1. The fourth-order valence-corrected chi connectivity index (χ4v) is 3.00. The maximum atomic E-state index is 12.3. The second kappa shape index (κ2) is 10.2. The fraction of sp³-hybridized carbons (Fsp3) is 0.474. The number of nitrogens with one attached hydrogen (secondary N) is 2. The van der Waals surface area contributed by atoms with Crippen LogP contribution < -0.4 is 20.2 Å². The summed E-state index contributed by atoms with van der Waals surface area (Å²) in [7, 11) is 4.76. The Morgan fingerprint density at radius 1 is 1.33 bits per heavy atom. The molecule has 0 atom stereocenters. The van der Waals surface area contributed by atoms with Crippen molar-refractivity contribution in [2.45, 2.75) is 37.8 Å². The van der Waals surface area contributed by atoms with Gasteiger partial charge in [0.15, 0.2) is 5.71 Å². The lowest BCUT2D eigenvalue weighted by Gasteiger charge is -2.29. The normalized spacial score (nSPS) is 20.0. The minimum absolute atomic E-state index is 0.0680. The van der Waals surface area contributed by atoms with E-state index < -0.39 is 0 Å². The van der Waals surface area contributed by atoms with Gasteiger partial charge in [-0.25, -0.2) is 0 Å². The molecule has 0 aromatic heterocycles. The molecule has 8 nitrogen and oxygen atoms in total. The van der Waals surface area contributed by atoms with Crippen LogP contribution in [0.3, 0.4) is 0 Å². The van der Waals surface area contributed by atoms with Crippen LogP contribution >= 0.6 is 0 Å². The van der Waals surface area contributed by atoms with Gasteiger partial charge in [0.1, 0.15) is 17.6 Å². The van der Waals surface area contributed by atoms with E-state index >= 15 is 0 Å². The molecule has 0 saturated heterocycles. The van der Waals surface area contributed by atoms with Gasteiger partial charge in [0.2, 0.25) is 0 Å². The van der Waals surface area contributed by atoms with Gasteiger partial charge in [-0.3, -0.25) is 9.79 Å². The molecule has 2 rings (SSSR count). The van der Waals surface area contributed by atoms with Gasteiger partial charge < -0.3 is 20.2 Å². The molecule has 1 aliphatic carbocycles.